The first kappa shape index (κ1) is 21.1. The molecule has 3 saturated carbocycles. The van der Waals surface area contributed by atoms with E-state index in [2.05, 4.69) is 19.6 Å². The number of fused-ring (bicyclic) bond motifs is 1. The van der Waals surface area contributed by atoms with E-state index >= 15 is 0 Å². The number of halogens is 1. The number of aryl methyl sites for hydroxylation is 1. The fourth-order valence-electron chi connectivity index (χ4n) is 7.00. The molecule has 0 heterocycles. The smallest absolute Gasteiger partial charge is 0.126 e. The molecule has 0 saturated heterocycles. The van der Waals surface area contributed by atoms with Crippen molar-refractivity contribution in [2.45, 2.75) is 96.3 Å². The summed E-state index contributed by atoms with van der Waals surface area (Å²) in [5.41, 5.74) is 2.10. The van der Waals surface area contributed by atoms with Gasteiger partial charge in [-0.05, 0) is 117 Å². The van der Waals surface area contributed by atoms with Gasteiger partial charge in [0.25, 0.3) is 0 Å². The maximum Gasteiger partial charge on any atom is 0.126 e. The van der Waals surface area contributed by atoms with Crippen LogP contribution in [0.25, 0.3) is 0 Å². The SMILES string of the molecule is C=CCCc1ccc(C2CCC3CC(C4CCC(CC)CC4)CCC3C2)cc1F. The van der Waals surface area contributed by atoms with Crippen LogP contribution in [-0.2, 0) is 6.42 Å². The third-order valence-electron chi connectivity index (χ3n) is 8.96. The van der Waals surface area contributed by atoms with Gasteiger partial charge >= 0.3 is 0 Å². The lowest BCUT2D eigenvalue weighted by Crippen LogP contribution is -2.34. The standard InChI is InChI=1S/C28H41F/c1-3-5-6-22-11-12-27(19-28(22)29)26-16-15-24-17-23(13-14-25(24)18-26)21-9-7-20(4-2)8-10-21/h3,11-12,19-21,23-26H,1,4-10,13-18H2,2H3. The Hall–Kier alpha value is -1.11. The van der Waals surface area contributed by atoms with Crippen LogP contribution in [-0.4, -0.2) is 0 Å². The number of rotatable bonds is 6. The molecule has 0 radical (unpaired) electrons. The zero-order valence-corrected chi connectivity index (χ0v) is 18.6. The van der Waals surface area contributed by atoms with Gasteiger partial charge in [0, 0.05) is 0 Å². The van der Waals surface area contributed by atoms with E-state index in [9.17, 15) is 4.39 Å². The van der Waals surface area contributed by atoms with Gasteiger partial charge in [0.15, 0.2) is 0 Å². The Bertz CT molecular complexity index is 669. The topological polar surface area (TPSA) is 0 Å². The van der Waals surface area contributed by atoms with Gasteiger partial charge < -0.3 is 0 Å². The Kier molecular flexibility index (Phi) is 7.14. The number of hydrogen-bond acceptors (Lipinski definition) is 0. The fraction of sp³-hybridized carbons (Fsp3) is 0.714. The summed E-state index contributed by atoms with van der Waals surface area (Å²) in [5.74, 6) is 5.46. The highest BCUT2D eigenvalue weighted by Crippen LogP contribution is 2.51. The van der Waals surface area contributed by atoms with Gasteiger partial charge in [0.2, 0.25) is 0 Å². The lowest BCUT2D eigenvalue weighted by Gasteiger charge is -2.45. The van der Waals surface area contributed by atoms with Crippen molar-refractivity contribution in [3.8, 4) is 0 Å². The molecule has 1 heteroatoms. The molecule has 160 valence electrons. The predicted octanol–water partition coefficient (Wildman–Crippen LogP) is 8.46. The van der Waals surface area contributed by atoms with Crippen LogP contribution in [0.2, 0.25) is 0 Å². The summed E-state index contributed by atoms with van der Waals surface area (Å²) in [7, 11) is 0. The Labute approximate surface area is 178 Å². The van der Waals surface area contributed by atoms with Gasteiger partial charge in [-0.2, -0.15) is 0 Å². The van der Waals surface area contributed by atoms with E-state index in [4.69, 9.17) is 0 Å². The first-order valence-electron chi connectivity index (χ1n) is 12.6. The molecule has 3 aliphatic rings. The quantitative estimate of drug-likeness (QED) is 0.423. The van der Waals surface area contributed by atoms with E-state index < -0.39 is 0 Å². The molecule has 0 spiro atoms. The van der Waals surface area contributed by atoms with Crippen molar-refractivity contribution < 1.29 is 4.39 Å². The minimum Gasteiger partial charge on any atom is -0.207 e. The predicted molar refractivity (Wildman–Crippen MR) is 122 cm³/mol. The van der Waals surface area contributed by atoms with Crippen molar-refractivity contribution in [1.82, 2.24) is 0 Å². The average molecular weight is 397 g/mol. The zero-order valence-electron chi connectivity index (χ0n) is 18.6. The second-order valence-electron chi connectivity index (χ2n) is 10.5. The maximum absolute atomic E-state index is 14.5. The second kappa shape index (κ2) is 9.80. The van der Waals surface area contributed by atoms with E-state index in [0.29, 0.717) is 5.92 Å². The van der Waals surface area contributed by atoms with Crippen molar-refractivity contribution in [3.05, 3.63) is 47.8 Å². The van der Waals surface area contributed by atoms with Crippen molar-refractivity contribution in [2.24, 2.45) is 29.6 Å². The van der Waals surface area contributed by atoms with Gasteiger partial charge in [0.05, 0.1) is 0 Å². The Balaban J connectivity index is 1.32. The molecular formula is C28H41F. The fourth-order valence-corrected chi connectivity index (χ4v) is 7.00. The van der Waals surface area contributed by atoms with E-state index in [1.807, 2.05) is 18.2 Å². The summed E-state index contributed by atoms with van der Waals surface area (Å²) in [5, 5.41) is 0. The minimum absolute atomic E-state index is 0.00198. The molecule has 4 atom stereocenters. The van der Waals surface area contributed by atoms with Gasteiger partial charge in [-0.25, -0.2) is 4.39 Å². The molecule has 0 amide bonds. The van der Waals surface area contributed by atoms with Crippen LogP contribution in [0.15, 0.2) is 30.9 Å². The molecule has 1 aromatic rings. The molecule has 0 nitrogen and oxygen atoms in total. The van der Waals surface area contributed by atoms with Crippen LogP contribution in [0.1, 0.15) is 101 Å². The molecule has 4 unspecified atom stereocenters. The van der Waals surface area contributed by atoms with E-state index in [1.54, 1.807) is 0 Å². The van der Waals surface area contributed by atoms with E-state index in [0.717, 1.165) is 48.0 Å². The molecule has 4 rings (SSSR count). The minimum atomic E-state index is -0.00198. The first-order chi connectivity index (χ1) is 14.2. The van der Waals surface area contributed by atoms with Crippen molar-refractivity contribution >= 4 is 0 Å². The van der Waals surface area contributed by atoms with Crippen LogP contribution in [0.4, 0.5) is 4.39 Å². The summed E-state index contributed by atoms with van der Waals surface area (Å²) in [6.07, 6.45) is 19.2. The first-order valence-corrected chi connectivity index (χ1v) is 12.6. The summed E-state index contributed by atoms with van der Waals surface area (Å²) in [4.78, 5) is 0. The molecule has 0 aliphatic heterocycles. The van der Waals surface area contributed by atoms with Crippen LogP contribution in [0, 0.1) is 35.4 Å². The number of allylic oxidation sites excluding steroid dienone is 1. The van der Waals surface area contributed by atoms with Crippen molar-refractivity contribution in [2.75, 3.05) is 0 Å². The molecule has 3 aliphatic carbocycles. The van der Waals surface area contributed by atoms with Crippen LogP contribution in [0.5, 0.6) is 0 Å². The zero-order chi connectivity index (χ0) is 20.2. The van der Waals surface area contributed by atoms with E-state index in [-0.39, 0.29) is 5.82 Å². The average Bonchev–Trinajstić information content (AvgIpc) is 2.77. The van der Waals surface area contributed by atoms with Crippen molar-refractivity contribution in [3.63, 3.8) is 0 Å². The van der Waals surface area contributed by atoms with Gasteiger partial charge in [0.1, 0.15) is 5.82 Å². The largest absolute Gasteiger partial charge is 0.207 e. The summed E-state index contributed by atoms with van der Waals surface area (Å²) >= 11 is 0. The lowest BCUT2D eigenvalue weighted by atomic mass is 9.60. The number of benzene rings is 1. The second-order valence-corrected chi connectivity index (χ2v) is 10.5. The van der Waals surface area contributed by atoms with Gasteiger partial charge in [-0.1, -0.05) is 44.4 Å². The van der Waals surface area contributed by atoms with Crippen molar-refractivity contribution in [1.29, 1.82) is 0 Å². The van der Waals surface area contributed by atoms with E-state index in [1.165, 1.54) is 76.2 Å². The molecule has 0 bridgehead atoms. The lowest BCUT2D eigenvalue weighted by molar-refractivity contribution is 0.0716. The third-order valence-corrected chi connectivity index (χ3v) is 8.96. The monoisotopic (exact) mass is 396 g/mol. The summed E-state index contributed by atoms with van der Waals surface area (Å²) in [6.45, 7) is 6.12. The summed E-state index contributed by atoms with van der Waals surface area (Å²) < 4.78 is 14.5. The third kappa shape index (κ3) is 4.97. The molecule has 1 aromatic carbocycles. The van der Waals surface area contributed by atoms with Gasteiger partial charge in [-0.15, -0.1) is 6.58 Å². The van der Waals surface area contributed by atoms with Crippen LogP contribution < -0.4 is 0 Å². The highest BCUT2D eigenvalue weighted by atomic mass is 19.1. The Morgan fingerprint density at radius 1 is 0.897 bits per heavy atom. The molecule has 0 aromatic heterocycles. The molecular weight excluding hydrogens is 355 g/mol. The highest BCUT2D eigenvalue weighted by Gasteiger charge is 2.39. The Morgan fingerprint density at radius 2 is 1.55 bits per heavy atom. The molecule has 29 heavy (non-hydrogen) atoms. The normalized spacial score (nSPS) is 35.1. The molecule has 0 N–H and O–H groups in total. The molecule has 3 fully saturated rings. The Morgan fingerprint density at radius 3 is 2.24 bits per heavy atom. The summed E-state index contributed by atoms with van der Waals surface area (Å²) in [6, 6.07) is 6.09. The van der Waals surface area contributed by atoms with Crippen LogP contribution >= 0.6 is 0 Å². The van der Waals surface area contributed by atoms with Gasteiger partial charge in [-0.3, -0.25) is 0 Å². The van der Waals surface area contributed by atoms with Crippen LogP contribution in [0.3, 0.4) is 0 Å². The maximum atomic E-state index is 14.5. The number of hydrogen-bond donors (Lipinski definition) is 0. The highest BCUT2D eigenvalue weighted by molar-refractivity contribution is 5.28.